The number of ether oxygens (including phenoxy) is 1. The summed E-state index contributed by atoms with van der Waals surface area (Å²) >= 11 is 0. The Morgan fingerprint density at radius 3 is 2.29 bits per heavy atom. The van der Waals surface area contributed by atoms with E-state index in [1.807, 2.05) is 26.0 Å². The summed E-state index contributed by atoms with van der Waals surface area (Å²) in [4.78, 5) is 0. The molecular formula is C18H20O3. The van der Waals surface area contributed by atoms with Crippen LogP contribution in [-0.2, 0) is 0 Å². The highest BCUT2D eigenvalue weighted by molar-refractivity contribution is 5.75. The fourth-order valence-electron chi connectivity index (χ4n) is 2.18. The van der Waals surface area contributed by atoms with Gasteiger partial charge in [-0.25, -0.2) is 0 Å². The van der Waals surface area contributed by atoms with E-state index in [4.69, 9.17) is 4.74 Å². The van der Waals surface area contributed by atoms with E-state index >= 15 is 0 Å². The molecule has 0 spiro atoms. The van der Waals surface area contributed by atoms with E-state index in [9.17, 15) is 10.2 Å². The highest BCUT2D eigenvalue weighted by Gasteiger charge is 2.07. The maximum atomic E-state index is 9.93. The van der Waals surface area contributed by atoms with Gasteiger partial charge >= 0.3 is 0 Å². The van der Waals surface area contributed by atoms with Gasteiger partial charge in [0.1, 0.15) is 5.75 Å². The third-order valence-corrected chi connectivity index (χ3v) is 3.70. The lowest BCUT2D eigenvalue weighted by atomic mass is 10.0. The van der Waals surface area contributed by atoms with Gasteiger partial charge in [0, 0.05) is 5.56 Å². The van der Waals surface area contributed by atoms with E-state index < -0.39 is 0 Å². The summed E-state index contributed by atoms with van der Waals surface area (Å²) in [5.74, 6) is 0.669. The molecule has 0 aliphatic carbocycles. The van der Waals surface area contributed by atoms with Crippen molar-refractivity contribution < 1.29 is 14.9 Å². The molecule has 3 heteroatoms. The maximum Gasteiger partial charge on any atom is 0.165 e. The Balaban J connectivity index is 2.38. The number of hydrogen-bond acceptors (Lipinski definition) is 3. The van der Waals surface area contributed by atoms with Crippen molar-refractivity contribution >= 4 is 12.2 Å². The first-order valence-corrected chi connectivity index (χ1v) is 6.79. The summed E-state index contributed by atoms with van der Waals surface area (Å²) in [6.45, 7) is 5.80. The molecule has 0 heterocycles. The Labute approximate surface area is 125 Å². The van der Waals surface area contributed by atoms with Crippen molar-refractivity contribution in [3.8, 4) is 17.2 Å². The van der Waals surface area contributed by atoms with Gasteiger partial charge in [0.05, 0.1) is 7.11 Å². The molecule has 0 saturated carbocycles. The molecule has 0 radical (unpaired) electrons. The zero-order valence-corrected chi connectivity index (χ0v) is 12.8. The fourth-order valence-corrected chi connectivity index (χ4v) is 2.18. The molecule has 0 unspecified atom stereocenters. The van der Waals surface area contributed by atoms with Crippen LogP contribution in [0.15, 0.2) is 24.3 Å². The van der Waals surface area contributed by atoms with Crippen molar-refractivity contribution in [3.63, 3.8) is 0 Å². The summed E-state index contributed by atoms with van der Waals surface area (Å²) in [6, 6.07) is 7.55. The average molecular weight is 284 g/mol. The normalized spacial score (nSPS) is 11.0. The van der Waals surface area contributed by atoms with Crippen LogP contribution in [-0.4, -0.2) is 17.3 Å². The Morgan fingerprint density at radius 1 is 0.905 bits per heavy atom. The van der Waals surface area contributed by atoms with Crippen LogP contribution in [0.2, 0.25) is 0 Å². The fraction of sp³-hybridized carbons (Fsp3) is 0.222. The van der Waals surface area contributed by atoms with Gasteiger partial charge in [-0.3, -0.25) is 0 Å². The minimum Gasteiger partial charge on any atom is -0.504 e. The highest BCUT2D eigenvalue weighted by atomic mass is 16.5. The van der Waals surface area contributed by atoms with E-state index in [-0.39, 0.29) is 11.5 Å². The standard InChI is InChI=1S/C18H20O3/c1-11-5-7-15(18(20)17(11)19)8-6-14-9-12(2)13(3)16(10-14)21-4/h5-10,19-20H,1-4H3/b8-6-. The van der Waals surface area contributed by atoms with Crippen LogP contribution in [0.1, 0.15) is 27.8 Å². The number of phenols is 2. The lowest BCUT2D eigenvalue weighted by molar-refractivity contribution is 0.400. The van der Waals surface area contributed by atoms with Crippen LogP contribution >= 0.6 is 0 Å². The van der Waals surface area contributed by atoms with E-state index in [1.165, 1.54) is 0 Å². The van der Waals surface area contributed by atoms with Gasteiger partial charge in [-0.2, -0.15) is 0 Å². The molecule has 0 fully saturated rings. The molecular weight excluding hydrogens is 264 g/mol. The van der Waals surface area contributed by atoms with E-state index in [2.05, 4.69) is 6.07 Å². The summed E-state index contributed by atoms with van der Waals surface area (Å²) < 4.78 is 5.35. The number of benzene rings is 2. The van der Waals surface area contributed by atoms with E-state index in [1.54, 1.807) is 32.2 Å². The third-order valence-electron chi connectivity index (χ3n) is 3.70. The molecule has 0 bridgehead atoms. The topological polar surface area (TPSA) is 49.7 Å². The first kappa shape index (κ1) is 15.0. The van der Waals surface area contributed by atoms with Gasteiger partial charge in [0.2, 0.25) is 0 Å². The Kier molecular flexibility index (Phi) is 4.22. The lowest BCUT2D eigenvalue weighted by Crippen LogP contribution is -1.91. The predicted octanol–water partition coefficient (Wildman–Crippen LogP) is 4.20. The summed E-state index contributed by atoms with van der Waals surface area (Å²) in [5, 5.41) is 19.7. The van der Waals surface area contributed by atoms with Gasteiger partial charge in [-0.05, 0) is 49.1 Å². The van der Waals surface area contributed by atoms with Gasteiger partial charge in [-0.15, -0.1) is 0 Å². The minimum atomic E-state index is -0.0953. The summed E-state index contributed by atoms with van der Waals surface area (Å²) in [5.41, 5.74) is 4.47. The second-order valence-electron chi connectivity index (χ2n) is 5.17. The van der Waals surface area contributed by atoms with Crippen LogP contribution < -0.4 is 4.74 Å². The van der Waals surface area contributed by atoms with Crippen molar-refractivity contribution in [1.29, 1.82) is 0 Å². The van der Waals surface area contributed by atoms with E-state index in [0.29, 0.717) is 11.1 Å². The van der Waals surface area contributed by atoms with Crippen LogP contribution in [0.5, 0.6) is 17.2 Å². The predicted molar refractivity (Wildman–Crippen MR) is 85.9 cm³/mol. The zero-order chi connectivity index (χ0) is 15.6. The zero-order valence-electron chi connectivity index (χ0n) is 12.8. The smallest absolute Gasteiger partial charge is 0.165 e. The summed E-state index contributed by atoms with van der Waals surface area (Å²) in [7, 11) is 1.65. The maximum absolute atomic E-state index is 9.93. The van der Waals surface area contributed by atoms with Crippen LogP contribution in [0, 0.1) is 20.8 Å². The second-order valence-corrected chi connectivity index (χ2v) is 5.17. The SMILES string of the molecule is COc1cc(/C=C\c2ccc(C)c(O)c2O)cc(C)c1C. The molecule has 2 aromatic carbocycles. The van der Waals surface area contributed by atoms with Crippen LogP contribution in [0.3, 0.4) is 0 Å². The second kappa shape index (κ2) is 5.92. The molecule has 0 aromatic heterocycles. The molecule has 21 heavy (non-hydrogen) atoms. The number of hydrogen-bond donors (Lipinski definition) is 2. The molecule has 2 N–H and O–H groups in total. The van der Waals surface area contributed by atoms with Crippen molar-refractivity contribution in [2.45, 2.75) is 20.8 Å². The van der Waals surface area contributed by atoms with Crippen LogP contribution in [0.25, 0.3) is 12.2 Å². The molecule has 0 atom stereocenters. The van der Waals surface area contributed by atoms with Gasteiger partial charge in [0.15, 0.2) is 11.5 Å². The monoisotopic (exact) mass is 284 g/mol. The van der Waals surface area contributed by atoms with Gasteiger partial charge in [0.25, 0.3) is 0 Å². The van der Waals surface area contributed by atoms with Crippen molar-refractivity contribution in [1.82, 2.24) is 0 Å². The molecule has 0 aliphatic heterocycles. The van der Waals surface area contributed by atoms with Crippen LogP contribution in [0.4, 0.5) is 0 Å². The molecule has 2 rings (SSSR count). The average Bonchev–Trinajstić information content (AvgIpc) is 2.47. The van der Waals surface area contributed by atoms with E-state index in [0.717, 1.165) is 22.4 Å². The lowest BCUT2D eigenvalue weighted by Gasteiger charge is -2.09. The molecule has 0 saturated heterocycles. The Bertz CT molecular complexity index is 700. The number of aryl methyl sites for hydroxylation is 2. The third kappa shape index (κ3) is 3.02. The molecule has 2 aromatic rings. The Morgan fingerprint density at radius 2 is 1.62 bits per heavy atom. The van der Waals surface area contributed by atoms with Crippen molar-refractivity contribution in [2.24, 2.45) is 0 Å². The molecule has 110 valence electrons. The Hall–Kier alpha value is -2.42. The quantitative estimate of drug-likeness (QED) is 0.656. The number of methoxy groups -OCH3 is 1. The first-order valence-electron chi connectivity index (χ1n) is 6.79. The van der Waals surface area contributed by atoms with Gasteiger partial charge in [-0.1, -0.05) is 30.4 Å². The molecule has 0 aliphatic rings. The van der Waals surface area contributed by atoms with Crippen molar-refractivity contribution in [2.75, 3.05) is 7.11 Å². The highest BCUT2D eigenvalue weighted by Crippen LogP contribution is 2.33. The minimum absolute atomic E-state index is 0.0742. The molecule has 3 nitrogen and oxygen atoms in total. The van der Waals surface area contributed by atoms with Crippen molar-refractivity contribution in [3.05, 3.63) is 52.1 Å². The summed E-state index contributed by atoms with van der Waals surface area (Å²) in [6.07, 6.45) is 3.66. The first-order chi connectivity index (χ1) is 9.93. The number of rotatable bonds is 3. The van der Waals surface area contributed by atoms with Gasteiger partial charge < -0.3 is 14.9 Å². The number of aromatic hydroxyl groups is 2. The molecule has 0 amide bonds. The largest absolute Gasteiger partial charge is 0.504 e. The number of phenolic OH excluding ortho intramolecular Hbond substituents is 2.